The van der Waals surface area contributed by atoms with E-state index in [-0.39, 0.29) is 0 Å². The summed E-state index contributed by atoms with van der Waals surface area (Å²) >= 11 is 0. The van der Waals surface area contributed by atoms with Gasteiger partial charge in [0.25, 0.3) is 0 Å². The molecule has 0 unspecified atom stereocenters. The molecule has 5 heteroatoms. The van der Waals surface area contributed by atoms with E-state index >= 15 is 0 Å². The maximum Gasteiger partial charge on any atom is 0.161 e. The Morgan fingerprint density at radius 3 is 1.70 bits per heavy atom. The summed E-state index contributed by atoms with van der Waals surface area (Å²) in [6.45, 7) is 0. The lowest BCUT2D eigenvalue weighted by Crippen LogP contribution is -1.97. The minimum absolute atomic E-state index is 0.682. The molecule has 0 atom stereocenters. The summed E-state index contributed by atoms with van der Waals surface area (Å²) in [4.78, 5) is 10.5. The third-order valence-corrected chi connectivity index (χ3v) is 11.2. The average Bonchev–Trinajstić information content (AvgIpc) is 3.96. The first kappa shape index (κ1) is 31.6. The first-order valence-corrected chi connectivity index (χ1v) is 19.1. The SMILES string of the molecule is c1ccc(-c2cc(-c3ccccc3)nc(-c3cccc4c3c3ccccc3n4-c3cc(-c4ccc5oc6ccccc6c5c4)c4oc5ccccc5c4c3)n2)cc1. The van der Waals surface area contributed by atoms with Crippen LogP contribution < -0.4 is 0 Å². The van der Waals surface area contributed by atoms with E-state index in [0.29, 0.717) is 5.82 Å². The lowest BCUT2D eigenvalue weighted by Gasteiger charge is -2.13. The minimum Gasteiger partial charge on any atom is -0.456 e. The summed E-state index contributed by atoms with van der Waals surface area (Å²) < 4.78 is 15.3. The summed E-state index contributed by atoms with van der Waals surface area (Å²) in [6, 6.07) is 65.4. The third-order valence-electron chi connectivity index (χ3n) is 11.2. The first-order chi connectivity index (χ1) is 28.2. The number of furan rings is 2. The van der Waals surface area contributed by atoms with Gasteiger partial charge in [-0.3, -0.25) is 0 Å². The second-order valence-corrected chi connectivity index (χ2v) is 14.5. The molecule has 0 aliphatic heterocycles. The van der Waals surface area contributed by atoms with Crippen molar-refractivity contribution in [2.45, 2.75) is 0 Å². The summed E-state index contributed by atoms with van der Waals surface area (Å²) in [5, 5.41) is 6.53. The fraction of sp³-hybridized carbons (Fsp3) is 0. The van der Waals surface area contributed by atoms with E-state index in [1.807, 2.05) is 36.4 Å². The molecule has 0 bridgehead atoms. The Morgan fingerprint density at radius 2 is 0.965 bits per heavy atom. The summed E-state index contributed by atoms with van der Waals surface area (Å²) in [5.41, 5.74) is 13.5. The molecule has 0 fully saturated rings. The zero-order valence-electron chi connectivity index (χ0n) is 30.6. The molecule has 5 nitrogen and oxygen atoms in total. The van der Waals surface area contributed by atoms with Gasteiger partial charge in [0.1, 0.15) is 22.3 Å². The Labute approximate surface area is 326 Å². The summed E-state index contributed by atoms with van der Waals surface area (Å²) in [5.74, 6) is 0.682. The zero-order valence-corrected chi connectivity index (χ0v) is 30.6. The molecule has 0 spiro atoms. The van der Waals surface area contributed by atoms with Crippen molar-refractivity contribution in [3.63, 3.8) is 0 Å². The first-order valence-electron chi connectivity index (χ1n) is 19.1. The van der Waals surface area contributed by atoms with Gasteiger partial charge in [-0.1, -0.05) is 133 Å². The molecule has 12 aromatic rings. The van der Waals surface area contributed by atoms with Crippen LogP contribution in [0.1, 0.15) is 0 Å². The maximum absolute atomic E-state index is 6.69. The van der Waals surface area contributed by atoms with Crippen molar-refractivity contribution in [1.29, 1.82) is 0 Å². The van der Waals surface area contributed by atoms with E-state index in [4.69, 9.17) is 18.8 Å². The van der Waals surface area contributed by atoms with Crippen LogP contribution in [0.4, 0.5) is 0 Å². The van der Waals surface area contributed by atoms with Gasteiger partial charge in [0.2, 0.25) is 0 Å². The Balaban J connectivity index is 1.14. The van der Waals surface area contributed by atoms with Gasteiger partial charge in [-0.15, -0.1) is 0 Å². The standard InChI is InChI=1S/C52H31N3O2/c1-3-14-32(15-4-1)43-31-44(33-16-5-2-6-17-33)54-52(53-43)39-21-13-23-46-50(39)38-20-7-10-22-45(38)55(46)35-29-40(51-42(30-35)37-19-9-12-25-48(37)57-51)34-26-27-49-41(28-34)36-18-8-11-24-47(36)56-49/h1-31H. The molecule has 0 amide bonds. The van der Waals surface area contributed by atoms with Crippen LogP contribution in [-0.4, -0.2) is 14.5 Å². The molecule has 0 aliphatic rings. The molecule has 0 aliphatic carbocycles. The fourth-order valence-electron chi connectivity index (χ4n) is 8.61. The monoisotopic (exact) mass is 729 g/mol. The van der Waals surface area contributed by atoms with Crippen LogP contribution in [0.15, 0.2) is 197 Å². The number of fused-ring (bicyclic) bond motifs is 9. The Bertz CT molecular complexity index is 3460. The number of hydrogen-bond donors (Lipinski definition) is 0. The Hall–Kier alpha value is -7.76. The maximum atomic E-state index is 6.69. The van der Waals surface area contributed by atoms with Crippen molar-refractivity contribution in [3.05, 3.63) is 188 Å². The largest absolute Gasteiger partial charge is 0.456 e. The Morgan fingerprint density at radius 1 is 0.368 bits per heavy atom. The number of benzene rings is 8. The highest BCUT2D eigenvalue weighted by atomic mass is 16.3. The van der Waals surface area contributed by atoms with Gasteiger partial charge >= 0.3 is 0 Å². The van der Waals surface area contributed by atoms with E-state index < -0.39 is 0 Å². The van der Waals surface area contributed by atoms with Crippen LogP contribution in [0.25, 0.3) is 116 Å². The van der Waals surface area contributed by atoms with Gasteiger partial charge in [-0.25, -0.2) is 9.97 Å². The second-order valence-electron chi connectivity index (χ2n) is 14.5. The van der Waals surface area contributed by atoms with E-state index in [1.54, 1.807) is 0 Å². The van der Waals surface area contributed by atoms with E-state index in [1.165, 1.54) is 0 Å². The molecule has 8 aromatic carbocycles. The molecule has 266 valence electrons. The molecule has 0 radical (unpaired) electrons. The fourth-order valence-corrected chi connectivity index (χ4v) is 8.61. The van der Waals surface area contributed by atoms with Gasteiger partial charge in [-0.2, -0.15) is 0 Å². The van der Waals surface area contributed by atoms with Crippen molar-refractivity contribution < 1.29 is 8.83 Å². The lowest BCUT2D eigenvalue weighted by atomic mass is 9.99. The van der Waals surface area contributed by atoms with Gasteiger partial charge < -0.3 is 13.4 Å². The molecule has 12 rings (SSSR count). The molecular weight excluding hydrogens is 699 g/mol. The molecule has 0 N–H and O–H groups in total. The average molecular weight is 730 g/mol. The van der Waals surface area contributed by atoms with Crippen LogP contribution in [-0.2, 0) is 0 Å². The highest BCUT2D eigenvalue weighted by Gasteiger charge is 2.22. The van der Waals surface area contributed by atoms with Gasteiger partial charge in [-0.05, 0) is 60.2 Å². The van der Waals surface area contributed by atoms with Crippen molar-refractivity contribution >= 4 is 65.7 Å². The van der Waals surface area contributed by atoms with Crippen LogP contribution in [0, 0.1) is 0 Å². The van der Waals surface area contributed by atoms with E-state index in [2.05, 4.69) is 156 Å². The topological polar surface area (TPSA) is 57.0 Å². The predicted octanol–water partition coefficient (Wildman–Crippen LogP) is 14.0. The summed E-state index contributed by atoms with van der Waals surface area (Å²) in [6.07, 6.45) is 0. The molecule has 0 saturated carbocycles. The van der Waals surface area contributed by atoms with Crippen molar-refractivity contribution in [3.8, 4) is 50.7 Å². The highest BCUT2D eigenvalue weighted by molar-refractivity contribution is 6.17. The van der Waals surface area contributed by atoms with Gasteiger partial charge in [0.05, 0.1) is 22.4 Å². The lowest BCUT2D eigenvalue weighted by molar-refractivity contribution is 0.668. The van der Waals surface area contributed by atoms with Crippen LogP contribution in [0.2, 0.25) is 0 Å². The second kappa shape index (κ2) is 12.4. The Kier molecular flexibility index (Phi) is 6.86. The minimum atomic E-state index is 0.682. The smallest absolute Gasteiger partial charge is 0.161 e. The molecule has 0 saturated heterocycles. The highest BCUT2D eigenvalue weighted by Crippen LogP contribution is 2.43. The summed E-state index contributed by atoms with van der Waals surface area (Å²) in [7, 11) is 0. The van der Waals surface area contributed by atoms with E-state index in [0.717, 1.165) is 111 Å². The van der Waals surface area contributed by atoms with Crippen LogP contribution in [0.5, 0.6) is 0 Å². The zero-order chi connectivity index (χ0) is 37.5. The van der Waals surface area contributed by atoms with Crippen molar-refractivity contribution in [1.82, 2.24) is 14.5 Å². The molecule has 57 heavy (non-hydrogen) atoms. The number of hydrogen-bond acceptors (Lipinski definition) is 4. The number of para-hydroxylation sites is 3. The quantitative estimate of drug-likeness (QED) is 0.177. The van der Waals surface area contributed by atoms with Crippen molar-refractivity contribution in [2.24, 2.45) is 0 Å². The third kappa shape index (κ3) is 4.96. The molecule has 4 heterocycles. The van der Waals surface area contributed by atoms with Gasteiger partial charge in [0, 0.05) is 60.3 Å². The van der Waals surface area contributed by atoms with Crippen molar-refractivity contribution in [2.75, 3.05) is 0 Å². The normalized spacial score (nSPS) is 11.9. The number of aromatic nitrogens is 3. The van der Waals surface area contributed by atoms with Crippen LogP contribution >= 0.6 is 0 Å². The molecule has 4 aromatic heterocycles. The van der Waals surface area contributed by atoms with Gasteiger partial charge in [0.15, 0.2) is 5.82 Å². The predicted molar refractivity (Wildman–Crippen MR) is 233 cm³/mol. The van der Waals surface area contributed by atoms with Crippen LogP contribution in [0.3, 0.4) is 0 Å². The molecular formula is C52H31N3O2. The number of nitrogens with zero attached hydrogens (tertiary/aromatic N) is 3. The number of rotatable bonds is 5. The van der Waals surface area contributed by atoms with E-state index in [9.17, 15) is 0 Å².